The quantitative estimate of drug-likeness (QED) is 0.650. The second kappa shape index (κ2) is 4.24. The maximum Gasteiger partial charge on any atom is 0.0707 e. The van der Waals surface area contributed by atoms with Gasteiger partial charge in [0.1, 0.15) is 0 Å². The van der Waals surface area contributed by atoms with E-state index in [2.05, 4.69) is 31.2 Å². The monoisotopic (exact) mass is 170 g/mol. The van der Waals surface area contributed by atoms with Gasteiger partial charge in [0.25, 0.3) is 0 Å². The van der Waals surface area contributed by atoms with Crippen molar-refractivity contribution in [1.29, 1.82) is 0 Å². The molecule has 2 nitrogen and oxygen atoms in total. The lowest BCUT2D eigenvalue weighted by Crippen LogP contribution is -2.56. The molecule has 1 aliphatic carbocycles. The van der Waals surface area contributed by atoms with Crippen LogP contribution in [0.3, 0.4) is 0 Å². The van der Waals surface area contributed by atoms with Gasteiger partial charge >= 0.3 is 0 Å². The summed E-state index contributed by atoms with van der Waals surface area (Å²) in [5.74, 6) is 0. The summed E-state index contributed by atoms with van der Waals surface area (Å²) in [5.41, 5.74) is 0.312. The van der Waals surface area contributed by atoms with Crippen LogP contribution in [0.1, 0.15) is 39.0 Å². The standard InChI is InChI=1S/C10H22N2/c1-4-12(3)10(11-2)8-6-5-7-9-10/h11H,4-9H2,1-3H3. The van der Waals surface area contributed by atoms with E-state index in [1.807, 2.05) is 0 Å². The van der Waals surface area contributed by atoms with Crippen LogP contribution < -0.4 is 5.32 Å². The fourth-order valence-corrected chi connectivity index (χ4v) is 2.26. The summed E-state index contributed by atoms with van der Waals surface area (Å²) in [4.78, 5) is 2.45. The van der Waals surface area contributed by atoms with Gasteiger partial charge in [-0.05, 0) is 33.5 Å². The molecule has 0 spiro atoms. The molecule has 1 fully saturated rings. The summed E-state index contributed by atoms with van der Waals surface area (Å²) >= 11 is 0. The first kappa shape index (κ1) is 10.0. The Morgan fingerprint density at radius 2 is 1.83 bits per heavy atom. The molecule has 0 unspecified atom stereocenters. The Balaban J connectivity index is 2.59. The van der Waals surface area contributed by atoms with Crippen LogP contribution in [0.5, 0.6) is 0 Å². The average Bonchev–Trinajstić information content (AvgIpc) is 2.17. The summed E-state index contributed by atoms with van der Waals surface area (Å²) in [6, 6.07) is 0. The lowest BCUT2D eigenvalue weighted by molar-refractivity contribution is 0.0536. The van der Waals surface area contributed by atoms with E-state index in [0.717, 1.165) is 6.54 Å². The molecule has 0 aliphatic heterocycles. The van der Waals surface area contributed by atoms with Crippen molar-refractivity contribution in [2.45, 2.75) is 44.7 Å². The van der Waals surface area contributed by atoms with Gasteiger partial charge in [-0.1, -0.05) is 26.2 Å². The van der Waals surface area contributed by atoms with Crippen molar-refractivity contribution >= 4 is 0 Å². The van der Waals surface area contributed by atoms with Crippen molar-refractivity contribution in [3.8, 4) is 0 Å². The van der Waals surface area contributed by atoms with E-state index in [0.29, 0.717) is 5.66 Å². The molecule has 1 rings (SSSR count). The molecule has 0 heterocycles. The lowest BCUT2D eigenvalue weighted by atomic mass is 9.88. The summed E-state index contributed by atoms with van der Waals surface area (Å²) in [6.45, 7) is 3.37. The molecule has 0 amide bonds. The third kappa shape index (κ3) is 1.80. The van der Waals surface area contributed by atoms with Crippen LogP contribution in [0.25, 0.3) is 0 Å². The maximum atomic E-state index is 3.49. The second-order valence-corrected chi connectivity index (χ2v) is 3.86. The Morgan fingerprint density at radius 1 is 1.25 bits per heavy atom. The number of hydrogen-bond donors (Lipinski definition) is 1. The molecule has 0 aromatic heterocycles. The van der Waals surface area contributed by atoms with Crippen LogP contribution in [0.2, 0.25) is 0 Å². The van der Waals surface area contributed by atoms with Crippen molar-refractivity contribution in [3.05, 3.63) is 0 Å². The van der Waals surface area contributed by atoms with E-state index >= 15 is 0 Å². The zero-order valence-corrected chi connectivity index (χ0v) is 8.69. The highest BCUT2D eigenvalue weighted by Crippen LogP contribution is 2.29. The van der Waals surface area contributed by atoms with Gasteiger partial charge in [0, 0.05) is 0 Å². The second-order valence-electron chi connectivity index (χ2n) is 3.86. The highest BCUT2D eigenvalue weighted by atomic mass is 15.3. The highest BCUT2D eigenvalue weighted by Gasteiger charge is 2.33. The van der Waals surface area contributed by atoms with E-state index in [9.17, 15) is 0 Å². The largest absolute Gasteiger partial charge is 0.302 e. The summed E-state index contributed by atoms with van der Waals surface area (Å²) in [7, 11) is 4.32. The van der Waals surface area contributed by atoms with Crippen molar-refractivity contribution in [2.24, 2.45) is 0 Å². The van der Waals surface area contributed by atoms with E-state index in [-0.39, 0.29) is 0 Å². The fraction of sp³-hybridized carbons (Fsp3) is 1.00. The Morgan fingerprint density at radius 3 is 2.25 bits per heavy atom. The lowest BCUT2D eigenvalue weighted by Gasteiger charge is -2.44. The average molecular weight is 170 g/mol. The minimum Gasteiger partial charge on any atom is -0.302 e. The van der Waals surface area contributed by atoms with Crippen molar-refractivity contribution in [2.75, 3.05) is 20.6 Å². The van der Waals surface area contributed by atoms with E-state index in [1.54, 1.807) is 0 Å². The van der Waals surface area contributed by atoms with Crippen LogP contribution >= 0.6 is 0 Å². The molecule has 0 saturated heterocycles. The molecule has 0 atom stereocenters. The van der Waals surface area contributed by atoms with Crippen LogP contribution in [-0.4, -0.2) is 31.2 Å². The minimum absolute atomic E-state index is 0.312. The van der Waals surface area contributed by atoms with Crippen molar-refractivity contribution in [1.82, 2.24) is 10.2 Å². The van der Waals surface area contributed by atoms with Gasteiger partial charge in [-0.25, -0.2) is 0 Å². The molecule has 0 aromatic carbocycles. The number of nitrogens with zero attached hydrogens (tertiary/aromatic N) is 1. The van der Waals surface area contributed by atoms with Crippen LogP contribution in [0, 0.1) is 0 Å². The Kier molecular flexibility index (Phi) is 3.53. The molecule has 1 aliphatic rings. The van der Waals surface area contributed by atoms with Gasteiger partial charge in [-0.3, -0.25) is 4.90 Å². The first-order chi connectivity index (χ1) is 5.75. The normalized spacial score (nSPS) is 23.0. The summed E-state index contributed by atoms with van der Waals surface area (Å²) < 4.78 is 0. The van der Waals surface area contributed by atoms with Crippen molar-refractivity contribution in [3.63, 3.8) is 0 Å². The zero-order chi connectivity index (χ0) is 9.03. The van der Waals surface area contributed by atoms with Gasteiger partial charge < -0.3 is 5.32 Å². The number of nitrogens with one attached hydrogen (secondary N) is 1. The molecule has 0 aromatic rings. The molecule has 72 valence electrons. The SMILES string of the molecule is CCN(C)C1(NC)CCCCC1. The topological polar surface area (TPSA) is 15.3 Å². The Labute approximate surface area is 76.3 Å². The maximum absolute atomic E-state index is 3.49. The molecular formula is C10H22N2. The van der Waals surface area contributed by atoms with E-state index in [4.69, 9.17) is 0 Å². The van der Waals surface area contributed by atoms with E-state index < -0.39 is 0 Å². The predicted octanol–water partition coefficient (Wildman–Crippen LogP) is 1.82. The molecule has 0 bridgehead atoms. The fourth-order valence-electron chi connectivity index (χ4n) is 2.26. The van der Waals surface area contributed by atoms with Gasteiger partial charge in [0.05, 0.1) is 5.66 Å². The Hall–Kier alpha value is -0.0800. The molecule has 1 saturated carbocycles. The van der Waals surface area contributed by atoms with Crippen LogP contribution in [-0.2, 0) is 0 Å². The molecule has 0 radical (unpaired) electrons. The Bertz CT molecular complexity index is 128. The highest BCUT2D eigenvalue weighted by molar-refractivity contribution is 4.87. The van der Waals surface area contributed by atoms with Crippen LogP contribution in [0.15, 0.2) is 0 Å². The van der Waals surface area contributed by atoms with Crippen molar-refractivity contribution < 1.29 is 0 Å². The van der Waals surface area contributed by atoms with Crippen LogP contribution in [0.4, 0.5) is 0 Å². The minimum atomic E-state index is 0.312. The van der Waals surface area contributed by atoms with Gasteiger partial charge in [-0.2, -0.15) is 0 Å². The first-order valence-electron chi connectivity index (χ1n) is 5.15. The predicted molar refractivity (Wildman–Crippen MR) is 53.2 cm³/mol. The van der Waals surface area contributed by atoms with Gasteiger partial charge in [0.2, 0.25) is 0 Å². The van der Waals surface area contributed by atoms with E-state index in [1.165, 1.54) is 32.1 Å². The summed E-state index contributed by atoms with van der Waals surface area (Å²) in [6.07, 6.45) is 6.80. The molecule has 1 N–H and O–H groups in total. The summed E-state index contributed by atoms with van der Waals surface area (Å²) in [5, 5.41) is 3.49. The molecule has 2 heteroatoms. The number of rotatable bonds is 3. The molecule has 12 heavy (non-hydrogen) atoms. The smallest absolute Gasteiger partial charge is 0.0707 e. The first-order valence-corrected chi connectivity index (χ1v) is 5.15. The third-order valence-corrected chi connectivity index (χ3v) is 3.35. The molecular weight excluding hydrogens is 148 g/mol. The third-order valence-electron chi connectivity index (χ3n) is 3.35. The van der Waals surface area contributed by atoms with Gasteiger partial charge in [-0.15, -0.1) is 0 Å². The zero-order valence-electron chi connectivity index (χ0n) is 8.69. The number of hydrogen-bond acceptors (Lipinski definition) is 2. The van der Waals surface area contributed by atoms with Gasteiger partial charge in [0.15, 0.2) is 0 Å².